The average Bonchev–Trinajstić information content (AvgIpc) is 3.09. The van der Waals surface area contributed by atoms with Gasteiger partial charge in [0.1, 0.15) is 0 Å². The van der Waals surface area contributed by atoms with Gasteiger partial charge in [-0.25, -0.2) is 0 Å². The summed E-state index contributed by atoms with van der Waals surface area (Å²) >= 11 is 1.35. The fourth-order valence-electron chi connectivity index (χ4n) is 2.34. The molecule has 0 saturated carbocycles. The quantitative estimate of drug-likeness (QED) is 0.721. The molecule has 2 aromatic rings. The fourth-order valence-corrected chi connectivity index (χ4v) is 2.96. The van der Waals surface area contributed by atoms with E-state index in [1.165, 1.54) is 11.3 Å². The highest BCUT2D eigenvalue weighted by atomic mass is 32.1. The Morgan fingerprint density at radius 3 is 2.50 bits per heavy atom. The topological polar surface area (TPSA) is 78.4 Å². The average molecular weight is 346 g/mol. The Kier molecular flexibility index (Phi) is 6.52. The molecule has 0 radical (unpaired) electrons. The summed E-state index contributed by atoms with van der Waals surface area (Å²) < 4.78 is 0. The van der Waals surface area contributed by atoms with Gasteiger partial charge in [0.15, 0.2) is 0 Å². The van der Waals surface area contributed by atoms with Gasteiger partial charge in [-0.2, -0.15) is 0 Å². The van der Waals surface area contributed by atoms with Crippen molar-refractivity contribution in [3.63, 3.8) is 0 Å². The first kappa shape index (κ1) is 18.2. The maximum Gasteiger partial charge on any atom is 0.265 e. The van der Waals surface area contributed by atoms with E-state index in [0.29, 0.717) is 22.5 Å². The van der Waals surface area contributed by atoms with E-state index in [2.05, 4.69) is 10.6 Å². The van der Waals surface area contributed by atoms with Gasteiger partial charge >= 0.3 is 0 Å². The van der Waals surface area contributed by atoms with E-state index in [0.717, 1.165) is 0 Å². The van der Waals surface area contributed by atoms with Crippen LogP contribution in [0.2, 0.25) is 0 Å². The van der Waals surface area contributed by atoms with Gasteiger partial charge in [0.05, 0.1) is 16.1 Å². The number of aliphatic hydroxyl groups excluding tert-OH is 1. The second-order valence-corrected chi connectivity index (χ2v) is 6.76. The number of carbonyl (C=O) groups excluding carboxylic acids is 2. The molecule has 1 aromatic heterocycles. The van der Waals surface area contributed by atoms with Gasteiger partial charge in [-0.05, 0) is 35.9 Å². The molecule has 2 amide bonds. The second kappa shape index (κ2) is 8.61. The van der Waals surface area contributed by atoms with E-state index in [9.17, 15) is 9.59 Å². The van der Waals surface area contributed by atoms with Crippen LogP contribution in [0.3, 0.4) is 0 Å². The van der Waals surface area contributed by atoms with E-state index in [1.807, 2.05) is 19.2 Å². The predicted octanol–water partition coefficient (Wildman–Crippen LogP) is 3.14. The van der Waals surface area contributed by atoms with Crippen molar-refractivity contribution in [1.29, 1.82) is 0 Å². The van der Waals surface area contributed by atoms with Gasteiger partial charge in [-0.3, -0.25) is 9.59 Å². The summed E-state index contributed by atoms with van der Waals surface area (Å²) in [6.45, 7) is 4.00. The molecule has 6 heteroatoms. The third-order valence-corrected chi connectivity index (χ3v) is 4.59. The molecule has 0 fully saturated rings. The van der Waals surface area contributed by atoms with Crippen LogP contribution in [0.25, 0.3) is 0 Å². The largest absolute Gasteiger partial charge is 0.396 e. The van der Waals surface area contributed by atoms with Gasteiger partial charge in [0, 0.05) is 12.6 Å². The number of hydrogen-bond acceptors (Lipinski definition) is 4. The van der Waals surface area contributed by atoms with Crippen LogP contribution >= 0.6 is 11.3 Å². The van der Waals surface area contributed by atoms with E-state index in [-0.39, 0.29) is 30.4 Å². The Morgan fingerprint density at radius 1 is 1.12 bits per heavy atom. The summed E-state index contributed by atoms with van der Waals surface area (Å²) in [5, 5.41) is 16.7. The minimum atomic E-state index is -0.260. The van der Waals surface area contributed by atoms with Crippen molar-refractivity contribution < 1.29 is 14.7 Å². The predicted molar refractivity (Wildman–Crippen MR) is 96.5 cm³/mol. The second-order valence-electron chi connectivity index (χ2n) is 5.81. The number of amides is 2. The Balaban J connectivity index is 2.15. The number of para-hydroxylation sites is 1. The summed E-state index contributed by atoms with van der Waals surface area (Å²) in [5.41, 5.74) is 0.880. The van der Waals surface area contributed by atoms with Crippen LogP contribution in [0.4, 0.5) is 5.69 Å². The molecule has 0 spiro atoms. The number of hydrogen-bond donors (Lipinski definition) is 3. The van der Waals surface area contributed by atoms with Gasteiger partial charge in [-0.15, -0.1) is 11.3 Å². The van der Waals surface area contributed by atoms with E-state index >= 15 is 0 Å². The number of aliphatic hydroxyl groups is 1. The van der Waals surface area contributed by atoms with Crippen molar-refractivity contribution in [2.45, 2.75) is 26.3 Å². The molecular formula is C18H22N2O3S. The summed E-state index contributed by atoms with van der Waals surface area (Å²) in [7, 11) is 0. The third kappa shape index (κ3) is 4.66. The maximum absolute atomic E-state index is 12.6. The molecule has 1 unspecified atom stereocenters. The van der Waals surface area contributed by atoms with Crippen molar-refractivity contribution in [1.82, 2.24) is 5.32 Å². The van der Waals surface area contributed by atoms with E-state index < -0.39 is 0 Å². The van der Waals surface area contributed by atoms with E-state index in [4.69, 9.17) is 5.11 Å². The van der Waals surface area contributed by atoms with Crippen LogP contribution < -0.4 is 10.6 Å². The van der Waals surface area contributed by atoms with Crippen LogP contribution in [0.15, 0.2) is 41.8 Å². The highest BCUT2D eigenvalue weighted by Crippen LogP contribution is 2.19. The van der Waals surface area contributed by atoms with Gasteiger partial charge in [0.25, 0.3) is 11.8 Å². The number of thiophene rings is 1. The lowest BCUT2D eigenvalue weighted by Crippen LogP contribution is -2.39. The highest BCUT2D eigenvalue weighted by molar-refractivity contribution is 7.12. The zero-order valence-electron chi connectivity index (χ0n) is 13.8. The van der Waals surface area contributed by atoms with Crippen molar-refractivity contribution >= 4 is 28.8 Å². The number of anilines is 1. The zero-order chi connectivity index (χ0) is 17.5. The molecule has 0 aliphatic carbocycles. The van der Waals surface area contributed by atoms with Crippen LogP contribution in [0, 0.1) is 5.92 Å². The molecule has 2 rings (SSSR count). The molecule has 24 heavy (non-hydrogen) atoms. The molecule has 1 heterocycles. The number of nitrogens with one attached hydrogen (secondary N) is 2. The Labute approximate surface area is 145 Å². The van der Waals surface area contributed by atoms with Crippen molar-refractivity contribution in [2.75, 3.05) is 11.9 Å². The summed E-state index contributed by atoms with van der Waals surface area (Å²) in [6.07, 6.45) is 0.493. The number of rotatable bonds is 7. The first-order chi connectivity index (χ1) is 11.5. The molecule has 128 valence electrons. The monoisotopic (exact) mass is 346 g/mol. The molecule has 5 nitrogen and oxygen atoms in total. The van der Waals surface area contributed by atoms with Gasteiger partial charge in [0.2, 0.25) is 0 Å². The summed E-state index contributed by atoms with van der Waals surface area (Å²) in [5.74, 6) is -0.292. The molecule has 1 atom stereocenters. The minimum Gasteiger partial charge on any atom is -0.396 e. The summed E-state index contributed by atoms with van der Waals surface area (Å²) in [4.78, 5) is 25.4. The minimum absolute atomic E-state index is 0.0138. The van der Waals surface area contributed by atoms with Gasteiger partial charge < -0.3 is 15.7 Å². The SMILES string of the molecule is CC(C)C(CCO)NC(=O)c1ccccc1NC(=O)c1cccs1. The number of benzene rings is 1. The smallest absolute Gasteiger partial charge is 0.265 e. The lowest BCUT2D eigenvalue weighted by Gasteiger charge is -2.22. The first-order valence-corrected chi connectivity index (χ1v) is 8.76. The molecule has 1 aromatic carbocycles. The maximum atomic E-state index is 12.6. The molecule has 0 aliphatic rings. The standard InChI is InChI=1S/C18H22N2O3S/c1-12(2)14(9-10-21)19-17(22)13-6-3-4-7-15(13)20-18(23)16-8-5-11-24-16/h3-8,11-12,14,21H,9-10H2,1-2H3,(H,19,22)(H,20,23). The lowest BCUT2D eigenvalue weighted by atomic mass is 10.0. The van der Waals surface area contributed by atoms with Crippen molar-refractivity contribution in [3.8, 4) is 0 Å². The number of carbonyl (C=O) groups is 2. The fraction of sp³-hybridized carbons (Fsp3) is 0.333. The van der Waals surface area contributed by atoms with Crippen LogP contribution in [0.1, 0.15) is 40.3 Å². The van der Waals surface area contributed by atoms with Crippen LogP contribution in [0.5, 0.6) is 0 Å². The van der Waals surface area contributed by atoms with E-state index in [1.54, 1.807) is 36.4 Å². The molecule has 0 saturated heterocycles. The molecule has 3 N–H and O–H groups in total. The normalized spacial score (nSPS) is 12.0. The molecular weight excluding hydrogens is 324 g/mol. The highest BCUT2D eigenvalue weighted by Gasteiger charge is 2.19. The van der Waals surface area contributed by atoms with Crippen LogP contribution in [-0.2, 0) is 0 Å². The molecule has 0 bridgehead atoms. The van der Waals surface area contributed by atoms with Gasteiger partial charge in [-0.1, -0.05) is 32.0 Å². The Morgan fingerprint density at radius 2 is 1.88 bits per heavy atom. The molecule has 0 aliphatic heterocycles. The lowest BCUT2D eigenvalue weighted by molar-refractivity contribution is 0.0917. The Hall–Kier alpha value is -2.18. The summed E-state index contributed by atoms with van der Waals surface area (Å²) in [6, 6.07) is 10.3. The van der Waals surface area contributed by atoms with Crippen LogP contribution in [-0.4, -0.2) is 29.6 Å². The van der Waals surface area contributed by atoms with Crippen molar-refractivity contribution in [3.05, 3.63) is 52.2 Å². The Bertz CT molecular complexity index is 683. The first-order valence-electron chi connectivity index (χ1n) is 7.88. The van der Waals surface area contributed by atoms with Crippen molar-refractivity contribution in [2.24, 2.45) is 5.92 Å². The third-order valence-electron chi connectivity index (χ3n) is 3.73. The zero-order valence-corrected chi connectivity index (χ0v) is 14.6.